The second kappa shape index (κ2) is 7.54. The van der Waals surface area contributed by atoms with Crippen LogP contribution < -0.4 is 0 Å². The summed E-state index contributed by atoms with van der Waals surface area (Å²) in [6.45, 7) is 4.61. The molecule has 0 aliphatic carbocycles. The Labute approximate surface area is 175 Å². The number of hydrogen-bond donors (Lipinski definition) is 0. The van der Waals surface area contributed by atoms with Crippen LogP contribution in [0.15, 0.2) is 60.8 Å². The molecule has 0 radical (unpaired) electrons. The number of fused-ring (bicyclic) bond motifs is 2. The summed E-state index contributed by atoms with van der Waals surface area (Å²) in [6, 6.07) is 18.5. The lowest BCUT2D eigenvalue weighted by molar-refractivity contribution is 0.243. The van der Waals surface area contributed by atoms with Gasteiger partial charge in [0.15, 0.2) is 5.82 Å². The van der Waals surface area contributed by atoms with E-state index in [4.69, 9.17) is 16.6 Å². The van der Waals surface area contributed by atoms with Crippen molar-refractivity contribution in [2.75, 3.05) is 6.54 Å². The molecular formula is C24H21ClN4. The molecular weight excluding hydrogens is 380 g/mol. The molecule has 144 valence electrons. The Kier molecular flexibility index (Phi) is 4.74. The fourth-order valence-corrected chi connectivity index (χ4v) is 4.15. The predicted molar refractivity (Wildman–Crippen MR) is 117 cm³/mol. The summed E-state index contributed by atoms with van der Waals surface area (Å²) in [5, 5.41) is 1.73. The van der Waals surface area contributed by atoms with Gasteiger partial charge in [-0.1, -0.05) is 60.1 Å². The minimum Gasteiger partial charge on any atom is -0.294 e. The van der Waals surface area contributed by atoms with Crippen LogP contribution in [0.2, 0.25) is 5.15 Å². The van der Waals surface area contributed by atoms with Gasteiger partial charge in [-0.25, -0.2) is 15.0 Å². The third kappa shape index (κ3) is 3.61. The number of para-hydroxylation sites is 1. The number of halogens is 1. The summed E-state index contributed by atoms with van der Waals surface area (Å²) >= 11 is 6.52. The van der Waals surface area contributed by atoms with Crippen LogP contribution in [-0.4, -0.2) is 26.4 Å². The fourth-order valence-electron chi connectivity index (χ4n) is 3.96. The van der Waals surface area contributed by atoms with Gasteiger partial charge in [-0.2, -0.15) is 0 Å². The molecule has 5 rings (SSSR count). The zero-order valence-electron chi connectivity index (χ0n) is 16.3. The molecule has 3 heterocycles. The Balaban J connectivity index is 1.38. The number of aryl methyl sites for hydroxylation is 1. The first-order valence-corrected chi connectivity index (χ1v) is 10.2. The molecule has 2 aromatic carbocycles. The summed E-state index contributed by atoms with van der Waals surface area (Å²) in [5.74, 6) is 0.801. The summed E-state index contributed by atoms with van der Waals surface area (Å²) in [4.78, 5) is 16.4. The maximum atomic E-state index is 6.52. The second-order valence-electron chi connectivity index (χ2n) is 7.58. The van der Waals surface area contributed by atoms with Crippen LogP contribution in [0.25, 0.3) is 22.3 Å². The third-order valence-corrected chi connectivity index (χ3v) is 5.84. The average Bonchev–Trinajstić information content (AvgIpc) is 2.75. The maximum Gasteiger partial charge on any atom is 0.159 e. The summed E-state index contributed by atoms with van der Waals surface area (Å²) in [6.07, 6.45) is 2.88. The van der Waals surface area contributed by atoms with Crippen LogP contribution in [0.1, 0.15) is 22.4 Å². The molecule has 0 spiro atoms. The lowest BCUT2D eigenvalue weighted by Gasteiger charge is -2.28. The molecule has 0 fully saturated rings. The van der Waals surface area contributed by atoms with Gasteiger partial charge >= 0.3 is 0 Å². The van der Waals surface area contributed by atoms with E-state index < -0.39 is 0 Å². The molecule has 1 aliphatic rings. The van der Waals surface area contributed by atoms with E-state index in [-0.39, 0.29) is 0 Å². The molecule has 4 aromatic rings. The van der Waals surface area contributed by atoms with Crippen molar-refractivity contribution >= 4 is 22.5 Å². The Morgan fingerprint density at radius 3 is 2.76 bits per heavy atom. The highest BCUT2D eigenvalue weighted by atomic mass is 35.5. The average molecular weight is 401 g/mol. The van der Waals surface area contributed by atoms with E-state index >= 15 is 0 Å². The normalized spacial score (nSPS) is 14.1. The molecule has 0 unspecified atom stereocenters. The molecule has 5 heteroatoms. The zero-order valence-corrected chi connectivity index (χ0v) is 17.0. The third-order valence-electron chi connectivity index (χ3n) is 5.51. The van der Waals surface area contributed by atoms with E-state index in [1.54, 1.807) is 0 Å². The number of rotatable bonds is 3. The van der Waals surface area contributed by atoms with Gasteiger partial charge in [-0.05, 0) is 18.6 Å². The van der Waals surface area contributed by atoms with E-state index in [0.29, 0.717) is 5.15 Å². The smallest absolute Gasteiger partial charge is 0.159 e. The second-order valence-corrected chi connectivity index (χ2v) is 7.94. The van der Waals surface area contributed by atoms with Crippen molar-refractivity contribution in [2.45, 2.75) is 26.4 Å². The van der Waals surface area contributed by atoms with E-state index in [1.165, 1.54) is 5.56 Å². The van der Waals surface area contributed by atoms with E-state index in [9.17, 15) is 0 Å². The standard InChI is InChI=1S/C24H21ClN4/c1-16-6-5-9-18-12-19(23(25)28-22(16)18)14-29-11-10-21-20(15-29)13-26-24(27-21)17-7-3-2-4-8-17/h2-9,12-13H,10-11,14-15H2,1H3. The van der Waals surface area contributed by atoms with Crippen molar-refractivity contribution in [3.63, 3.8) is 0 Å². The Bertz CT molecular complexity index is 1190. The number of pyridine rings is 1. The van der Waals surface area contributed by atoms with E-state index in [0.717, 1.165) is 65.2 Å². The van der Waals surface area contributed by atoms with Crippen LogP contribution in [0.4, 0.5) is 0 Å². The molecule has 2 aromatic heterocycles. The number of hydrogen-bond acceptors (Lipinski definition) is 4. The first-order valence-electron chi connectivity index (χ1n) is 9.85. The number of aromatic nitrogens is 3. The quantitative estimate of drug-likeness (QED) is 0.442. The van der Waals surface area contributed by atoms with Crippen molar-refractivity contribution < 1.29 is 0 Å². The van der Waals surface area contributed by atoms with Crippen LogP contribution in [0, 0.1) is 6.92 Å². The van der Waals surface area contributed by atoms with E-state index in [2.05, 4.69) is 46.1 Å². The van der Waals surface area contributed by atoms with Crippen LogP contribution in [0.5, 0.6) is 0 Å². The summed E-state index contributed by atoms with van der Waals surface area (Å²) in [5.41, 5.74) is 6.59. The summed E-state index contributed by atoms with van der Waals surface area (Å²) in [7, 11) is 0. The molecule has 0 N–H and O–H groups in total. The van der Waals surface area contributed by atoms with Gasteiger partial charge in [0.1, 0.15) is 5.15 Å². The monoisotopic (exact) mass is 400 g/mol. The van der Waals surface area contributed by atoms with Crippen molar-refractivity contribution in [3.05, 3.63) is 88.3 Å². The molecule has 0 bridgehead atoms. The maximum absolute atomic E-state index is 6.52. The molecule has 4 nitrogen and oxygen atoms in total. The minimum atomic E-state index is 0.591. The molecule has 0 atom stereocenters. The van der Waals surface area contributed by atoms with Crippen molar-refractivity contribution in [2.24, 2.45) is 0 Å². The molecule has 0 saturated heterocycles. The highest BCUT2D eigenvalue weighted by Crippen LogP contribution is 2.26. The van der Waals surface area contributed by atoms with Gasteiger partial charge < -0.3 is 0 Å². The van der Waals surface area contributed by atoms with Crippen LogP contribution in [-0.2, 0) is 19.5 Å². The summed E-state index contributed by atoms with van der Waals surface area (Å²) < 4.78 is 0. The van der Waals surface area contributed by atoms with Crippen LogP contribution >= 0.6 is 11.6 Å². The largest absolute Gasteiger partial charge is 0.294 e. The van der Waals surface area contributed by atoms with Gasteiger partial charge in [0.2, 0.25) is 0 Å². The van der Waals surface area contributed by atoms with Gasteiger partial charge in [0.25, 0.3) is 0 Å². The fraction of sp³-hybridized carbons (Fsp3) is 0.208. The lowest BCUT2D eigenvalue weighted by Crippen LogP contribution is -2.31. The highest BCUT2D eigenvalue weighted by Gasteiger charge is 2.20. The van der Waals surface area contributed by atoms with Crippen molar-refractivity contribution in [3.8, 4) is 11.4 Å². The van der Waals surface area contributed by atoms with Crippen LogP contribution in [0.3, 0.4) is 0 Å². The molecule has 29 heavy (non-hydrogen) atoms. The number of benzene rings is 2. The van der Waals surface area contributed by atoms with Gasteiger partial charge in [-0.15, -0.1) is 0 Å². The lowest BCUT2D eigenvalue weighted by atomic mass is 10.0. The molecule has 0 saturated carbocycles. The highest BCUT2D eigenvalue weighted by molar-refractivity contribution is 6.30. The zero-order chi connectivity index (χ0) is 19.8. The first-order chi connectivity index (χ1) is 14.2. The Morgan fingerprint density at radius 2 is 1.90 bits per heavy atom. The minimum absolute atomic E-state index is 0.591. The van der Waals surface area contributed by atoms with Gasteiger partial charge in [-0.3, -0.25) is 4.90 Å². The van der Waals surface area contributed by atoms with Gasteiger partial charge in [0.05, 0.1) is 11.2 Å². The number of nitrogens with zero attached hydrogens (tertiary/aromatic N) is 4. The topological polar surface area (TPSA) is 41.9 Å². The first kappa shape index (κ1) is 18.2. The van der Waals surface area contributed by atoms with Gasteiger partial charge in [0, 0.05) is 54.3 Å². The Morgan fingerprint density at radius 1 is 1.03 bits per heavy atom. The predicted octanol–water partition coefficient (Wildman–Crippen LogP) is 5.21. The van der Waals surface area contributed by atoms with E-state index in [1.807, 2.05) is 36.5 Å². The Hall–Kier alpha value is -2.82. The molecule has 0 amide bonds. The SMILES string of the molecule is Cc1cccc2cc(CN3CCc4nc(-c5ccccc5)ncc4C3)c(Cl)nc12. The van der Waals surface area contributed by atoms with Crippen molar-refractivity contribution in [1.82, 2.24) is 19.9 Å². The van der Waals surface area contributed by atoms with Crippen molar-refractivity contribution in [1.29, 1.82) is 0 Å². The molecule has 1 aliphatic heterocycles.